The van der Waals surface area contributed by atoms with Crippen LogP contribution in [0.15, 0.2) is 91.0 Å². The Kier molecular flexibility index (Phi) is 11.3. The van der Waals surface area contributed by atoms with Gasteiger partial charge in [0.05, 0.1) is 0 Å². The minimum absolute atomic E-state index is 0.997. The lowest BCUT2D eigenvalue weighted by Gasteiger charge is -2.29. The smallest absolute Gasteiger partial charge is 0.0231 e. The van der Waals surface area contributed by atoms with Crippen LogP contribution in [0.1, 0.15) is 16.7 Å². The average molecular weight is 459 g/mol. The fourth-order valence-corrected chi connectivity index (χ4v) is 4.19. The molecule has 0 saturated carbocycles. The topological polar surface area (TPSA) is 13.0 Å². The van der Waals surface area contributed by atoms with Gasteiger partial charge in [0, 0.05) is 58.9 Å². The molecule has 0 saturated heterocycles. The largest absolute Gasteiger partial charge is 0.301 e. The highest BCUT2D eigenvalue weighted by Gasteiger charge is 2.11. The number of hydrogen-bond donors (Lipinski definition) is 0. The Balaban J connectivity index is 1.49. The molecule has 0 radical (unpaired) electrons. The molecule has 4 heteroatoms. The molecule has 3 aromatic rings. The highest BCUT2D eigenvalue weighted by Crippen LogP contribution is 2.06. The molecule has 34 heavy (non-hydrogen) atoms. The van der Waals surface area contributed by atoms with Gasteiger partial charge in [-0.25, -0.2) is 0 Å². The van der Waals surface area contributed by atoms with E-state index in [0.29, 0.717) is 0 Å². The van der Waals surface area contributed by atoms with Gasteiger partial charge in [0.25, 0.3) is 0 Å². The Morgan fingerprint density at radius 2 is 0.647 bits per heavy atom. The van der Waals surface area contributed by atoms with Gasteiger partial charge in [-0.1, -0.05) is 91.0 Å². The fraction of sp³-hybridized carbons (Fsp3) is 0.400. The third kappa shape index (κ3) is 10.2. The molecule has 4 nitrogen and oxygen atoms in total. The lowest BCUT2D eigenvalue weighted by Crippen LogP contribution is -2.41. The van der Waals surface area contributed by atoms with Crippen LogP contribution in [0.2, 0.25) is 0 Å². The summed E-state index contributed by atoms with van der Waals surface area (Å²) < 4.78 is 0. The zero-order valence-electron chi connectivity index (χ0n) is 21.3. The van der Waals surface area contributed by atoms with Crippen molar-refractivity contribution < 1.29 is 0 Å². The summed E-state index contributed by atoms with van der Waals surface area (Å²) in [6, 6.07) is 32.3. The lowest BCUT2D eigenvalue weighted by molar-refractivity contribution is 0.174. The van der Waals surface area contributed by atoms with E-state index in [9.17, 15) is 0 Å². The van der Waals surface area contributed by atoms with Gasteiger partial charge in [-0.05, 0) is 37.8 Å². The minimum atomic E-state index is 0.997. The molecule has 0 aliphatic rings. The van der Waals surface area contributed by atoms with Crippen molar-refractivity contribution in [2.75, 3.05) is 60.4 Å². The van der Waals surface area contributed by atoms with Crippen LogP contribution < -0.4 is 0 Å². The van der Waals surface area contributed by atoms with Gasteiger partial charge in [0.2, 0.25) is 0 Å². The van der Waals surface area contributed by atoms with Gasteiger partial charge >= 0.3 is 0 Å². The standard InChI is InChI=1S/C30H42N4/c1-31(25-28-13-7-4-8-14-28)19-22-34(23-20-32(2)26-29-15-9-5-10-16-29)24-21-33(3)27-30-17-11-6-12-18-30/h4-18H,19-27H2,1-3H3. The summed E-state index contributed by atoms with van der Waals surface area (Å²) >= 11 is 0. The van der Waals surface area contributed by atoms with Crippen LogP contribution in [0.25, 0.3) is 0 Å². The first-order chi connectivity index (χ1) is 16.6. The van der Waals surface area contributed by atoms with E-state index in [0.717, 1.165) is 58.9 Å². The molecule has 3 aromatic carbocycles. The Bertz CT molecular complexity index is 778. The van der Waals surface area contributed by atoms with Crippen molar-refractivity contribution in [1.29, 1.82) is 0 Å². The second-order valence-corrected chi connectivity index (χ2v) is 9.51. The zero-order chi connectivity index (χ0) is 24.0. The normalized spacial score (nSPS) is 11.7. The summed E-state index contributed by atoms with van der Waals surface area (Å²) in [5.74, 6) is 0. The van der Waals surface area contributed by atoms with Crippen LogP contribution in [0.4, 0.5) is 0 Å². The third-order valence-electron chi connectivity index (χ3n) is 6.28. The summed E-state index contributed by atoms with van der Waals surface area (Å²) in [5, 5.41) is 0. The molecule has 0 unspecified atom stereocenters. The van der Waals surface area contributed by atoms with E-state index < -0.39 is 0 Å². The summed E-state index contributed by atoms with van der Waals surface area (Å²) in [5.41, 5.74) is 4.13. The van der Waals surface area contributed by atoms with Crippen LogP contribution in [-0.4, -0.2) is 80.0 Å². The van der Waals surface area contributed by atoms with Crippen molar-refractivity contribution in [3.05, 3.63) is 108 Å². The van der Waals surface area contributed by atoms with E-state index in [-0.39, 0.29) is 0 Å². The number of hydrogen-bond acceptors (Lipinski definition) is 4. The SMILES string of the molecule is CN(CCN(CCN(C)Cc1ccccc1)CCN(C)Cc1ccccc1)Cc1ccccc1. The van der Waals surface area contributed by atoms with Crippen LogP contribution in [0, 0.1) is 0 Å². The van der Waals surface area contributed by atoms with Crippen molar-refractivity contribution in [3.63, 3.8) is 0 Å². The first-order valence-electron chi connectivity index (χ1n) is 12.5. The van der Waals surface area contributed by atoms with E-state index >= 15 is 0 Å². The van der Waals surface area contributed by atoms with Crippen molar-refractivity contribution in [2.45, 2.75) is 19.6 Å². The minimum Gasteiger partial charge on any atom is -0.301 e. The fourth-order valence-electron chi connectivity index (χ4n) is 4.19. The molecule has 0 heterocycles. The molecule has 0 aliphatic heterocycles. The molecule has 0 spiro atoms. The molecular formula is C30H42N4. The van der Waals surface area contributed by atoms with Crippen molar-refractivity contribution in [3.8, 4) is 0 Å². The maximum atomic E-state index is 2.63. The second kappa shape index (κ2) is 14.7. The van der Waals surface area contributed by atoms with Gasteiger partial charge in [-0.2, -0.15) is 0 Å². The van der Waals surface area contributed by atoms with E-state index in [1.54, 1.807) is 0 Å². The Morgan fingerprint density at radius 1 is 0.382 bits per heavy atom. The van der Waals surface area contributed by atoms with Gasteiger partial charge in [0.15, 0.2) is 0 Å². The van der Waals surface area contributed by atoms with Crippen LogP contribution in [0.3, 0.4) is 0 Å². The Morgan fingerprint density at radius 3 is 0.912 bits per heavy atom. The molecule has 0 fully saturated rings. The molecule has 0 bridgehead atoms. The predicted octanol–water partition coefficient (Wildman–Crippen LogP) is 4.68. The van der Waals surface area contributed by atoms with Crippen LogP contribution >= 0.6 is 0 Å². The summed E-state index contributed by atoms with van der Waals surface area (Å²) in [6.07, 6.45) is 0. The van der Waals surface area contributed by atoms with E-state index in [1.807, 2.05) is 0 Å². The zero-order valence-corrected chi connectivity index (χ0v) is 21.3. The molecule has 0 aliphatic carbocycles. The van der Waals surface area contributed by atoms with Crippen molar-refractivity contribution >= 4 is 0 Å². The second-order valence-electron chi connectivity index (χ2n) is 9.51. The van der Waals surface area contributed by atoms with Crippen molar-refractivity contribution in [2.24, 2.45) is 0 Å². The summed E-state index contributed by atoms with van der Waals surface area (Å²) in [4.78, 5) is 9.93. The molecular weight excluding hydrogens is 416 g/mol. The van der Waals surface area contributed by atoms with Crippen LogP contribution in [-0.2, 0) is 19.6 Å². The molecule has 0 amide bonds. The maximum Gasteiger partial charge on any atom is 0.0231 e. The monoisotopic (exact) mass is 458 g/mol. The predicted molar refractivity (Wildman–Crippen MR) is 145 cm³/mol. The quantitative estimate of drug-likeness (QED) is 0.328. The summed E-state index contributed by atoms with van der Waals surface area (Å²) in [6.45, 7) is 9.45. The van der Waals surface area contributed by atoms with Gasteiger partial charge in [-0.15, -0.1) is 0 Å². The van der Waals surface area contributed by atoms with Crippen molar-refractivity contribution in [1.82, 2.24) is 19.6 Å². The van der Waals surface area contributed by atoms with E-state index in [4.69, 9.17) is 0 Å². The Hall–Kier alpha value is -2.50. The number of nitrogens with zero attached hydrogens (tertiary/aromatic N) is 4. The third-order valence-corrected chi connectivity index (χ3v) is 6.28. The molecule has 0 atom stereocenters. The highest BCUT2D eigenvalue weighted by atomic mass is 15.2. The molecule has 0 aromatic heterocycles. The van der Waals surface area contributed by atoms with E-state index in [2.05, 4.69) is 132 Å². The van der Waals surface area contributed by atoms with Gasteiger partial charge in [-0.3, -0.25) is 4.90 Å². The lowest BCUT2D eigenvalue weighted by atomic mass is 10.2. The van der Waals surface area contributed by atoms with Crippen LogP contribution in [0.5, 0.6) is 0 Å². The molecule has 182 valence electrons. The molecule has 3 rings (SSSR count). The highest BCUT2D eigenvalue weighted by molar-refractivity contribution is 5.15. The first-order valence-corrected chi connectivity index (χ1v) is 12.5. The first kappa shape index (κ1) is 26.1. The summed E-state index contributed by atoms with van der Waals surface area (Å²) in [7, 11) is 6.69. The van der Waals surface area contributed by atoms with Gasteiger partial charge in [0.1, 0.15) is 0 Å². The van der Waals surface area contributed by atoms with E-state index in [1.165, 1.54) is 16.7 Å². The van der Waals surface area contributed by atoms with Gasteiger partial charge < -0.3 is 14.7 Å². The Labute approximate surface area is 207 Å². The number of benzene rings is 3. The maximum absolute atomic E-state index is 2.63. The number of likely N-dealkylation sites (N-methyl/N-ethyl adjacent to an activating group) is 3. The number of rotatable bonds is 15. The molecule has 0 N–H and O–H groups in total. The average Bonchev–Trinajstić information content (AvgIpc) is 2.85.